The summed E-state index contributed by atoms with van der Waals surface area (Å²) in [6.45, 7) is 19.6. The van der Waals surface area contributed by atoms with E-state index >= 15 is 0 Å². The molecule has 0 aromatic rings. The van der Waals surface area contributed by atoms with Crippen molar-refractivity contribution in [1.82, 2.24) is 0 Å². The molecule has 0 aromatic heterocycles. The molecule has 1 unspecified atom stereocenters. The highest BCUT2D eigenvalue weighted by atomic mass is 28.4. The maximum Gasteiger partial charge on any atom is 0.193 e. The fraction of sp³-hybridized carbons (Fsp3) is 0.900. The lowest BCUT2D eigenvalue weighted by atomic mass is 10.0. The molecule has 0 aromatic carbocycles. The van der Waals surface area contributed by atoms with Gasteiger partial charge in [-0.1, -0.05) is 46.8 Å². The molecule has 3 atom stereocenters. The highest BCUT2D eigenvalue weighted by molar-refractivity contribution is 6.74. The quantitative estimate of drug-likeness (QED) is 0.487. The Morgan fingerprint density at radius 1 is 1.20 bits per heavy atom. The number of aliphatic hydroxyl groups excluding tert-OH is 1. The minimum atomic E-state index is -1.96. The molecule has 1 fully saturated rings. The van der Waals surface area contributed by atoms with Crippen molar-refractivity contribution in [1.29, 1.82) is 0 Å². The first kappa shape index (κ1) is 22.8. The second kappa shape index (κ2) is 8.66. The monoisotopic (exact) mass is 372 g/mol. The van der Waals surface area contributed by atoms with Crippen molar-refractivity contribution in [3.05, 3.63) is 12.2 Å². The fourth-order valence-electron chi connectivity index (χ4n) is 2.71. The van der Waals surface area contributed by atoms with E-state index in [-0.39, 0.29) is 30.0 Å². The Bertz CT molecular complexity index is 437. The summed E-state index contributed by atoms with van der Waals surface area (Å²) in [5, 5.41) is 9.55. The first-order valence-corrected chi connectivity index (χ1v) is 12.5. The summed E-state index contributed by atoms with van der Waals surface area (Å²) in [6, 6.07) is 0. The van der Waals surface area contributed by atoms with Gasteiger partial charge in [-0.3, -0.25) is 0 Å². The van der Waals surface area contributed by atoms with Crippen LogP contribution in [-0.4, -0.2) is 44.1 Å². The topological polar surface area (TPSA) is 47.9 Å². The van der Waals surface area contributed by atoms with Crippen LogP contribution in [0, 0.1) is 5.92 Å². The molecule has 148 valence electrons. The number of hydrogen-bond acceptors (Lipinski definition) is 4. The van der Waals surface area contributed by atoms with Crippen molar-refractivity contribution in [3.63, 3.8) is 0 Å². The van der Waals surface area contributed by atoms with Gasteiger partial charge >= 0.3 is 0 Å². The van der Waals surface area contributed by atoms with Crippen molar-refractivity contribution in [3.8, 4) is 0 Å². The number of hydrogen-bond donors (Lipinski definition) is 1. The minimum Gasteiger partial charge on any atom is -0.408 e. The van der Waals surface area contributed by atoms with Gasteiger partial charge < -0.3 is 19.0 Å². The SMILES string of the molecule is CC(C)C/C=C\C(O[Si](C)(C)C(C)(C)C)[C@H]1OC(C)(C)O[C@H]1CCO. The molecule has 4 nitrogen and oxygen atoms in total. The number of aliphatic hydroxyl groups is 1. The Morgan fingerprint density at radius 3 is 2.28 bits per heavy atom. The molecule has 1 saturated heterocycles. The zero-order valence-corrected chi connectivity index (χ0v) is 18.8. The van der Waals surface area contributed by atoms with E-state index in [4.69, 9.17) is 13.9 Å². The summed E-state index contributed by atoms with van der Waals surface area (Å²) in [5.41, 5.74) is 0. The van der Waals surface area contributed by atoms with E-state index in [1.807, 2.05) is 13.8 Å². The van der Waals surface area contributed by atoms with E-state index < -0.39 is 14.1 Å². The highest BCUT2D eigenvalue weighted by Gasteiger charge is 2.47. The maximum atomic E-state index is 9.42. The van der Waals surface area contributed by atoms with Crippen molar-refractivity contribution in [2.24, 2.45) is 5.92 Å². The Balaban J connectivity index is 3.06. The maximum absolute atomic E-state index is 9.42. The van der Waals surface area contributed by atoms with Crippen LogP contribution in [0.3, 0.4) is 0 Å². The third kappa shape index (κ3) is 6.79. The predicted molar refractivity (Wildman–Crippen MR) is 106 cm³/mol. The highest BCUT2D eigenvalue weighted by Crippen LogP contribution is 2.40. The summed E-state index contributed by atoms with van der Waals surface area (Å²) in [5.74, 6) is -0.0407. The lowest BCUT2D eigenvalue weighted by Crippen LogP contribution is -2.48. The molecule has 0 saturated carbocycles. The van der Waals surface area contributed by atoms with Crippen LogP contribution in [0.4, 0.5) is 0 Å². The first-order valence-electron chi connectivity index (χ1n) is 9.60. The van der Waals surface area contributed by atoms with Gasteiger partial charge in [0.1, 0.15) is 6.10 Å². The molecule has 0 spiro atoms. The third-order valence-corrected chi connectivity index (χ3v) is 9.60. The summed E-state index contributed by atoms with van der Waals surface area (Å²) in [4.78, 5) is 0. The molecule has 25 heavy (non-hydrogen) atoms. The summed E-state index contributed by atoms with van der Waals surface area (Å²) < 4.78 is 18.9. The molecule has 1 heterocycles. The van der Waals surface area contributed by atoms with Crippen LogP contribution < -0.4 is 0 Å². The average Bonchev–Trinajstić information content (AvgIpc) is 2.71. The lowest BCUT2D eigenvalue weighted by molar-refractivity contribution is -0.152. The second-order valence-corrected chi connectivity index (χ2v) is 14.3. The van der Waals surface area contributed by atoms with Crippen molar-refractivity contribution >= 4 is 8.32 Å². The van der Waals surface area contributed by atoms with Gasteiger partial charge in [-0.05, 0) is 50.7 Å². The second-order valence-electron chi connectivity index (χ2n) is 9.55. The van der Waals surface area contributed by atoms with Crippen molar-refractivity contribution < 1.29 is 19.0 Å². The molecule has 1 aliphatic heterocycles. The average molecular weight is 373 g/mol. The lowest BCUT2D eigenvalue weighted by Gasteiger charge is -2.40. The Morgan fingerprint density at radius 2 is 1.80 bits per heavy atom. The van der Waals surface area contributed by atoms with Gasteiger partial charge in [-0.15, -0.1) is 0 Å². The fourth-order valence-corrected chi connectivity index (χ4v) is 3.96. The van der Waals surface area contributed by atoms with Crippen LogP contribution in [0.5, 0.6) is 0 Å². The van der Waals surface area contributed by atoms with E-state index in [0.717, 1.165) is 6.42 Å². The molecule has 5 heteroatoms. The van der Waals surface area contributed by atoms with Gasteiger partial charge in [0.05, 0.1) is 12.2 Å². The molecule has 1 rings (SSSR count). The number of ether oxygens (including phenoxy) is 2. The Kier molecular flexibility index (Phi) is 7.91. The predicted octanol–water partition coefficient (Wildman–Crippen LogP) is 4.88. The van der Waals surface area contributed by atoms with Gasteiger partial charge in [0.2, 0.25) is 0 Å². The molecule has 0 aliphatic carbocycles. The standard InChI is InChI=1S/C20H40O4Si/c1-15(2)11-10-12-17(24-25(8,9)19(3,4)5)18-16(13-14-21)22-20(6,7)23-18/h10,12,15-18,21H,11,13-14H2,1-9H3/b12-10-/t16-,17?,18-/m0/s1. The Labute approximate surface area is 156 Å². The van der Waals surface area contributed by atoms with Gasteiger partial charge in [0.25, 0.3) is 0 Å². The number of rotatable bonds is 8. The van der Waals surface area contributed by atoms with Crippen LogP contribution in [0.25, 0.3) is 0 Å². The van der Waals surface area contributed by atoms with Crippen LogP contribution >= 0.6 is 0 Å². The number of allylic oxidation sites excluding steroid dienone is 1. The van der Waals surface area contributed by atoms with Crippen LogP contribution in [0.2, 0.25) is 18.1 Å². The van der Waals surface area contributed by atoms with E-state index in [1.54, 1.807) is 0 Å². The van der Waals surface area contributed by atoms with E-state index in [2.05, 4.69) is 59.9 Å². The molecular weight excluding hydrogens is 332 g/mol. The van der Waals surface area contributed by atoms with Crippen LogP contribution in [0.1, 0.15) is 61.3 Å². The van der Waals surface area contributed by atoms with E-state index in [1.165, 1.54) is 0 Å². The molecular formula is C20H40O4Si. The zero-order chi connectivity index (χ0) is 19.5. The van der Waals surface area contributed by atoms with E-state index in [9.17, 15) is 5.11 Å². The molecule has 0 amide bonds. The first-order chi connectivity index (χ1) is 11.3. The summed E-state index contributed by atoms with van der Waals surface area (Å²) in [7, 11) is -1.96. The molecule has 1 aliphatic rings. The van der Waals surface area contributed by atoms with Crippen LogP contribution in [-0.2, 0) is 13.9 Å². The third-order valence-electron chi connectivity index (χ3n) is 5.13. The van der Waals surface area contributed by atoms with Gasteiger partial charge in [-0.2, -0.15) is 0 Å². The molecule has 1 N–H and O–H groups in total. The van der Waals surface area contributed by atoms with Gasteiger partial charge in [0.15, 0.2) is 14.1 Å². The summed E-state index contributed by atoms with van der Waals surface area (Å²) in [6.07, 6.45) is 5.42. The zero-order valence-electron chi connectivity index (χ0n) is 17.8. The Hall–Kier alpha value is -0.203. The van der Waals surface area contributed by atoms with Gasteiger partial charge in [-0.25, -0.2) is 0 Å². The molecule has 0 bridgehead atoms. The largest absolute Gasteiger partial charge is 0.408 e. The normalized spacial score (nSPS) is 25.9. The van der Waals surface area contributed by atoms with Crippen molar-refractivity contribution in [2.45, 2.75) is 104 Å². The van der Waals surface area contributed by atoms with Gasteiger partial charge in [0, 0.05) is 6.61 Å². The smallest absolute Gasteiger partial charge is 0.193 e. The minimum absolute atomic E-state index is 0.0864. The van der Waals surface area contributed by atoms with Crippen LogP contribution in [0.15, 0.2) is 12.2 Å². The summed E-state index contributed by atoms with van der Waals surface area (Å²) >= 11 is 0. The van der Waals surface area contributed by atoms with Crippen molar-refractivity contribution in [2.75, 3.05) is 6.61 Å². The molecule has 0 radical (unpaired) electrons. The van der Waals surface area contributed by atoms with E-state index in [0.29, 0.717) is 12.3 Å².